The lowest BCUT2D eigenvalue weighted by Crippen LogP contribution is -2.52. The lowest BCUT2D eigenvalue weighted by Gasteiger charge is -2.40. The van der Waals surface area contributed by atoms with Crippen LogP contribution in [0.3, 0.4) is 0 Å². The van der Waals surface area contributed by atoms with Crippen LogP contribution in [0.25, 0.3) is 0 Å². The predicted octanol–water partition coefficient (Wildman–Crippen LogP) is 4.91. The second-order valence-corrected chi connectivity index (χ2v) is 11.4. The minimum atomic E-state index is -0.241. The number of likely N-dealkylation sites (tertiary alicyclic amines) is 1. The average molecular weight is 593 g/mol. The van der Waals surface area contributed by atoms with E-state index >= 15 is 0 Å². The van der Waals surface area contributed by atoms with Gasteiger partial charge in [0.2, 0.25) is 0 Å². The first-order valence-corrected chi connectivity index (χ1v) is 14.9. The van der Waals surface area contributed by atoms with Gasteiger partial charge in [-0.3, -0.25) is 4.79 Å². The number of aryl methyl sites for hydroxylation is 1. The molecule has 1 aliphatic heterocycles. The van der Waals surface area contributed by atoms with Gasteiger partial charge in [0.15, 0.2) is 0 Å². The van der Waals surface area contributed by atoms with Gasteiger partial charge in [0.1, 0.15) is 10.3 Å². The van der Waals surface area contributed by atoms with Crippen LogP contribution in [-0.2, 0) is 13.0 Å². The highest BCUT2D eigenvalue weighted by Crippen LogP contribution is 2.23. The maximum absolute atomic E-state index is 13.2. The van der Waals surface area contributed by atoms with E-state index in [0.717, 1.165) is 43.6 Å². The van der Waals surface area contributed by atoms with Crippen LogP contribution in [0.2, 0.25) is 10.3 Å². The quantitative estimate of drug-likeness (QED) is 0.275. The Hall–Kier alpha value is -2.66. The molecule has 0 unspecified atom stereocenters. The van der Waals surface area contributed by atoms with Gasteiger partial charge in [0.25, 0.3) is 5.91 Å². The molecule has 12 heteroatoms. The zero-order chi connectivity index (χ0) is 27.8. The number of rotatable bonds is 11. The molecule has 3 amide bonds. The number of urea groups is 1. The van der Waals surface area contributed by atoms with Gasteiger partial charge in [0, 0.05) is 63.1 Å². The van der Waals surface area contributed by atoms with Gasteiger partial charge in [-0.05, 0) is 67.1 Å². The summed E-state index contributed by atoms with van der Waals surface area (Å²) in [6.07, 6.45) is 6.75. The average Bonchev–Trinajstić information content (AvgIpc) is 3.61. The van der Waals surface area contributed by atoms with Crippen LogP contribution in [-0.4, -0.2) is 75.0 Å². The number of carbonyl (C=O) groups is 2. The highest BCUT2D eigenvalue weighted by Gasteiger charge is 2.30. The number of amides is 3. The summed E-state index contributed by atoms with van der Waals surface area (Å²) < 4.78 is 0. The number of pyridine rings is 1. The molecule has 1 aliphatic rings. The van der Waals surface area contributed by atoms with Gasteiger partial charge < -0.3 is 25.4 Å². The van der Waals surface area contributed by atoms with Crippen LogP contribution in [0, 0.1) is 6.92 Å². The van der Waals surface area contributed by atoms with Gasteiger partial charge in [-0.2, -0.15) is 11.3 Å². The summed E-state index contributed by atoms with van der Waals surface area (Å²) in [6.45, 7) is 7.46. The third-order valence-corrected chi connectivity index (χ3v) is 8.40. The van der Waals surface area contributed by atoms with Crippen LogP contribution < -0.4 is 10.6 Å². The zero-order valence-electron chi connectivity index (χ0n) is 22.3. The maximum Gasteiger partial charge on any atom is 0.317 e. The van der Waals surface area contributed by atoms with Crippen molar-refractivity contribution < 1.29 is 9.59 Å². The molecule has 0 aliphatic carbocycles. The van der Waals surface area contributed by atoms with E-state index in [1.807, 2.05) is 10.3 Å². The third-order valence-electron chi connectivity index (χ3n) is 7.20. The highest BCUT2D eigenvalue weighted by atomic mass is 35.5. The number of aromatic amines is 1. The summed E-state index contributed by atoms with van der Waals surface area (Å²) in [5, 5.41) is 10.6. The SMILES string of the molecule is Cc1cc(Cl)nc(Cl)c1C(=O)NCC[C@@H](C)N1CCC(N(Cc2ccsc2)C(=O)NCCc2cnc[nH]2)CC1. The Kier molecular flexibility index (Phi) is 10.6. The van der Waals surface area contributed by atoms with Crippen LogP contribution in [0.1, 0.15) is 53.4 Å². The molecule has 3 aromatic heterocycles. The van der Waals surface area contributed by atoms with Crippen molar-refractivity contribution in [2.24, 2.45) is 0 Å². The Labute approximate surface area is 243 Å². The van der Waals surface area contributed by atoms with Crippen molar-refractivity contribution in [3.8, 4) is 0 Å². The van der Waals surface area contributed by atoms with Crippen LogP contribution in [0.4, 0.5) is 4.79 Å². The van der Waals surface area contributed by atoms with Crippen molar-refractivity contribution in [3.63, 3.8) is 0 Å². The number of nitrogens with zero attached hydrogens (tertiary/aromatic N) is 4. The first-order valence-electron chi connectivity index (χ1n) is 13.2. The normalized spacial score (nSPS) is 15.2. The Bertz CT molecular complexity index is 1190. The molecule has 4 rings (SSSR count). The molecule has 9 nitrogen and oxygen atoms in total. The summed E-state index contributed by atoms with van der Waals surface area (Å²) in [5.41, 5.74) is 3.22. The standard InChI is InChI=1S/C27H35Cl2N7O2S/c1-18-13-23(28)34-25(29)24(18)26(37)31-8-3-19(2)35-10-5-22(6-11-35)36(15-20-7-12-39-16-20)27(38)32-9-4-21-14-30-17-33-21/h7,12-14,16-17,19,22H,3-6,8-11,15H2,1-2H3,(H,30,33)(H,31,37)(H,32,38)/t19-/m1/s1. The van der Waals surface area contributed by atoms with Crippen LogP contribution in [0.5, 0.6) is 0 Å². The van der Waals surface area contributed by atoms with E-state index in [9.17, 15) is 9.59 Å². The molecular weight excluding hydrogens is 557 g/mol. The lowest BCUT2D eigenvalue weighted by molar-refractivity contribution is 0.0905. The first-order chi connectivity index (χ1) is 18.8. The van der Waals surface area contributed by atoms with Gasteiger partial charge in [-0.1, -0.05) is 23.2 Å². The number of carbonyl (C=O) groups excluding carboxylic acids is 2. The largest absolute Gasteiger partial charge is 0.352 e. The minimum Gasteiger partial charge on any atom is -0.352 e. The summed E-state index contributed by atoms with van der Waals surface area (Å²) in [5.74, 6) is -0.241. The number of aromatic nitrogens is 3. The highest BCUT2D eigenvalue weighted by molar-refractivity contribution is 7.07. The molecule has 1 fully saturated rings. The van der Waals surface area contributed by atoms with Crippen LogP contribution in [0.15, 0.2) is 35.4 Å². The van der Waals surface area contributed by atoms with Crippen molar-refractivity contribution in [2.75, 3.05) is 26.2 Å². The van der Waals surface area contributed by atoms with Crippen molar-refractivity contribution in [3.05, 3.63) is 68.1 Å². The van der Waals surface area contributed by atoms with E-state index in [1.54, 1.807) is 36.9 Å². The Morgan fingerprint density at radius 1 is 1.26 bits per heavy atom. The number of hydrogen-bond acceptors (Lipinski definition) is 6. The molecule has 4 heterocycles. The number of nitrogens with one attached hydrogen (secondary N) is 3. The van der Waals surface area contributed by atoms with Gasteiger partial charge in [-0.15, -0.1) is 0 Å². The van der Waals surface area contributed by atoms with Gasteiger partial charge in [0.05, 0.1) is 11.9 Å². The Morgan fingerprint density at radius 3 is 2.72 bits per heavy atom. The van der Waals surface area contributed by atoms with E-state index in [0.29, 0.717) is 43.2 Å². The lowest BCUT2D eigenvalue weighted by atomic mass is 10.0. The first kappa shape index (κ1) is 29.3. The molecule has 210 valence electrons. The molecular formula is C27H35Cl2N7O2S. The molecule has 3 N–H and O–H groups in total. The molecule has 0 radical (unpaired) electrons. The fraction of sp³-hybridized carbons (Fsp3) is 0.481. The van der Waals surface area contributed by atoms with Gasteiger partial charge in [-0.25, -0.2) is 14.8 Å². The summed E-state index contributed by atoms with van der Waals surface area (Å²) in [6, 6.07) is 4.15. The molecule has 0 saturated carbocycles. The van der Waals surface area contributed by atoms with E-state index in [4.69, 9.17) is 23.2 Å². The summed E-state index contributed by atoms with van der Waals surface area (Å²) in [4.78, 5) is 41.4. The van der Waals surface area contributed by atoms with Crippen molar-refractivity contribution in [2.45, 2.75) is 58.2 Å². The number of H-pyrrole nitrogens is 1. The topological polar surface area (TPSA) is 106 Å². The summed E-state index contributed by atoms with van der Waals surface area (Å²) in [7, 11) is 0. The molecule has 1 saturated heterocycles. The second-order valence-electron chi connectivity index (χ2n) is 9.91. The van der Waals surface area contributed by atoms with E-state index in [-0.39, 0.29) is 28.3 Å². The van der Waals surface area contributed by atoms with Gasteiger partial charge >= 0.3 is 6.03 Å². The number of halogens is 2. The Balaban J connectivity index is 1.25. The van der Waals surface area contributed by atoms with Crippen molar-refractivity contribution in [1.82, 2.24) is 35.4 Å². The maximum atomic E-state index is 13.2. The van der Waals surface area contributed by atoms with Crippen LogP contribution >= 0.6 is 34.5 Å². The third kappa shape index (κ3) is 8.17. The van der Waals surface area contributed by atoms with E-state index < -0.39 is 0 Å². The summed E-state index contributed by atoms with van der Waals surface area (Å²) >= 11 is 13.7. The molecule has 0 bridgehead atoms. The van der Waals surface area contributed by atoms with Crippen molar-refractivity contribution in [1.29, 1.82) is 0 Å². The van der Waals surface area contributed by atoms with E-state index in [2.05, 4.69) is 48.9 Å². The minimum absolute atomic E-state index is 0.0273. The second kappa shape index (κ2) is 14.1. The van der Waals surface area contributed by atoms with Crippen molar-refractivity contribution >= 4 is 46.5 Å². The number of imidazole rings is 1. The molecule has 3 aromatic rings. The number of thiophene rings is 1. The monoisotopic (exact) mass is 591 g/mol. The smallest absolute Gasteiger partial charge is 0.317 e. The fourth-order valence-corrected chi connectivity index (χ4v) is 6.22. The fourth-order valence-electron chi connectivity index (χ4n) is 4.95. The molecule has 0 spiro atoms. The zero-order valence-corrected chi connectivity index (χ0v) is 24.6. The molecule has 0 aromatic carbocycles. The number of piperidine rings is 1. The predicted molar refractivity (Wildman–Crippen MR) is 156 cm³/mol. The molecule has 39 heavy (non-hydrogen) atoms. The molecule has 1 atom stereocenters. The van der Waals surface area contributed by atoms with E-state index in [1.165, 1.54) is 0 Å². The Morgan fingerprint density at radius 2 is 2.05 bits per heavy atom. The number of hydrogen-bond donors (Lipinski definition) is 3.